The van der Waals surface area contributed by atoms with Gasteiger partial charge >= 0.3 is 5.97 Å². The van der Waals surface area contributed by atoms with Gasteiger partial charge in [-0.05, 0) is 61.0 Å². The minimum absolute atomic E-state index is 0.224. The van der Waals surface area contributed by atoms with Gasteiger partial charge in [0.05, 0.1) is 12.2 Å². The van der Waals surface area contributed by atoms with Gasteiger partial charge in [0.1, 0.15) is 18.5 Å². The van der Waals surface area contributed by atoms with Crippen LogP contribution >= 0.6 is 11.3 Å². The SMILES string of the molecule is CCOC(=O)c1ccc(OC[C@H](O)CN2CCc3sccc3[C@@H]2CC)cc1. The zero-order valence-electron chi connectivity index (χ0n) is 15.9. The van der Waals surface area contributed by atoms with Crippen LogP contribution < -0.4 is 4.74 Å². The summed E-state index contributed by atoms with van der Waals surface area (Å²) in [7, 11) is 0. The number of esters is 1. The fourth-order valence-electron chi connectivity index (χ4n) is 3.56. The Morgan fingerprint density at radius 1 is 1.30 bits per heavy atom. The fraction of sp³-hybridized carbons (Fsp3) is 0.476. The smallest absolute Gasteiger partial charge is 0.338 e. The maximum Gasteiger partial charge on any atom is 0.338 e. The van der Waals surface area contributed by atoms with Crippen molar-refractivity contribution >= 4 is 17.3 Å². The molecule has 0 amide bonds. The van der Waals surface area contributed by atoms with Crippen molar-refractivity contribution in [2.75, 3.05) is 26.3 Å². The molecule has 1 aliphatic rings. The van der Waals surface area contributed by atoms with E-state index in [4.69, 9.17) is 9.47 Å². The van der Waals surface area contributed by atoms with Crippen molar-refractivity contribution < 1.29 is 19.4 Å². The molecule has 0 fully saturated rings. The highest BCUT2D eigenvalue weighted by atomic mass is 32.1. The number of aliphatic hydroxyl groups is 1. The molecule has 0 radical (unpaired) electrons. The van der Waals surface area contributed by atoms with Gasteiger partial charge in [0, 0.05) is 24.0 Å². The molecule has 27 heavy (non-hydrogen) atoms. The van der Waals surface area contributed by atoms with E-state index < -0.39 is 6.10 Å². The molecule has 2 atom stereocenters. The number of ether oxygens (including phenoxy) is 2. The highest BCUT2D eigenvalue weighted by molar-refractivity contribution is 7.10. The summed E-state index contributed by atoms with van der Waals surface area (Å²) in [5.74, 6) is 0.292. The second kappa shape index (κ2) is 9.35. The van der Waals surface area contributed by atoms with Gasteiger partial charge in [0.2, 0.25) is 0 Å². The zero-order chi connectivity index (χ0) is 19.2. The summed E-state index contributed by atoms with van der Waals surface area (Å²) in [6, 6.07) is 9.40. The van der Waals surface area contributed by atoms with E-state index in [0.717, 1.165) is 19.4 Å². The Kier molecular flexibility index (Phi) is 6.88. The van der Waals surface area contributed by atoms with Crippen molar-refractivity contribution in [2.24, 2.45) is 0 Å². The lowest BCUT2D eigenvalue weighted by Gasteiger charge is -2.36. The van der Waals surface area contributed by atoms with Crippen molar-refractivity contribution in [3.63, 3.8) is 0 Å². The summed E-state index contributed by atoms with van der Waals surface area (Å²) in [6.45, 7) is 6.11. The molecule has 0 saturated carbocycles. The second-order valence-corrected chi connectivity index (χ2v) is 7.68. The number of fused-ring (bicyclic) bond motifs is 1. The lowest BCUT2D eigenvalue weighted by atomic mass is 9.97. The summed E-state index contributed by atoms with van der Waals surface area (Å²) in [5.41, 5.74) is 1.91. The number of hydrogen-bond acceptors (Lipinski definition) is 6. The fourth-order valence-corrected chi connectivity index (χ4v) is 4.49. The number of carbonyl (C=O) groups is 1. The van der Waals surface area contributed by atoms with E-state index in [0.29, 0.717) is 30.5 Å². The van der Waals surface area contributed by atoms with Gasteiger partial charge in [0.15, 0.2) is 0 Å². The summed E-state index contributed by atoms with van der Waals surface area (Å²) in [6.07, 6.45) is 1.52. The first kappa shape index (κ1) is 19.9. The van der Waals surface area contributed by atoms with Crippen molar-refractivity contribution in [3.05, 3.63) is 51.7 Å². The third-order valence-electron chi connectivity index (χ3n) is 4.85. The molecular weight excluding hydrogens is 362 g/mol. The molecule has 146 valence electrons. The van der Waals surface area contributed by atoms with E-state index >= 15 is 0 Å². The Morgan fingerprint density at radius 2 is 2.07 bits per heavy atom. The van der Waals surface area contributed by atoms with E-state index in [-0.39, 0.29) is 12.6 Å². The van der Waals surface area contributed by atoms with Crippen molar-refractivity contribution in [1.29, 1.82) is 0 Å². The summed E-state index contributed by atoms with van der Waals surface area (Å²) in [5, 5.41) is 12.6. The van der Waals surface area contributed by atoms with E-state index in [2.05, 4.69) is 23.3 Å². The van der Waals surface area contributed by atoms with Gasteiger partial charge in [-0.2, -0.15) is 0 Å². The third-order valence-corrected chi connectivity index (χ3v) is 5.84. The van der Waals surface area contributed by atoms with Crippen LogP contribution in [0, 0.1) is 0 Å². The quantitative estimate of drug-likeness (QED) is 0.698. The molecule has 1 aromatic heterocycles. The van der Waals surface area contributed by atoms with Crippen molar-refractivity contribution in [1.82, 2.24) is 4.90 Å². The predicted octanol–water partition coefficient (Wildman–Crippen LogP) is 3.67. The highest BCUT2D eigenvalue weighted by Crippen LogP contribution is 2.35. The van der Waals surface area contributed by atoms with Crippen LogP contribution in [0.5, 0.6) is 5.75 Å². The lowest BCUT2D eigenvalue weighted by Crippen LogP contribution is -2.41. The van der Waals surface area contributed by atoms with E-state index in [1.165, 1.54) is 10.4 Å². The van der Waals surface area contributed by atoms with Crippen LogP contribution in [0.25, 0.3) is 0 Å². The summed E-state index contributed by atoms with van der Waals surface area (Å²) >= 11 is 1.83. The summed E-state index contributed by atoms with van der Waals surface area (Å²) in [4.78, 5) is 15.5. The topological polar surface area (TPSA) is 59.0 Å². The molecule has 0 spiro atoms. The van der Waals surface area contributed by atoms with Crippen molar-refractivity contribution in [3.8, 4) is 5.75 Å². The van der Waals surface area contributed by atoms with Crippen LogP contribution in [0.2, 0.25) is 0 Å². The molecule has 1 N–H and O–H groups in total. The van der Waals surface area contributed by atoms with Crippen LogP contribution in [-0.4, -0.2) is 48.4 Å². The maximum atomic E-state index is 11.7. The zero-order valence-corrected chi connectivity index (χ0v) is 16.7. The van der Waals surface area contributed by atoms with Crippen LogP contribution in [0.1, 0.15) is 47.1 Å². The highest BCUT2D eigenvalue weighted by Gasteiger charge is 2.28. The van der Waals surface area contributed by atoms with Gasteiger partial charge in [-0.25, -0.2) is 4.79 Å². The number of benzene rings is 1. The number of aliphatic hydroxyl groups excluding tert-OH is 1. The first-order valence-corrected chi connectivity index (χ1v) is 10.4. The van der Waals surface area contributed by atoms with E-state index in [1.807, 2.05) is 11.3 Å². The van der Waals surface area contributed by atoms with E-state index in [9.17, 15) is 9.90 Å². The molecular formula is C21H27NO4S. The molecule has 2 aromatic rings. The Balaban J connectivity index is 1.51. The van der Waals surface area contributed by atoms with Crippen molar-refractivity contribution in [2.45, 2.75) is 38.8 Å². The molecule has 3 rings (SSSR count). The van der Waals surface area contributed by atoms with Crippen LogP contribution in [0.3, 0.4) is 0 Å². The molecule has 1 aromatic carbocycles. The Bertz CT molecular complexity index is 743. The molecule has 1 aliphatic heterocycles. The second-order valence-electron chi connectivity index (χ2n) is 6.68. The average Bonchev–Trinajstić information content (AvgIpc) is 3.15. The molecule has 0 aliphatic carbocycles. The minimum Gasteiger partial charge on any atom is -0.491 e. The van der Waals surface area contributed by atoms with E-state index in [1.54, 1.807) is 31.2 Å². The number of β-amino-alcohol motifs (C(OH)–C–C–N with tert-alkyl or cyclic N) is 1. The molecule has 0 bridgehead atoms. The molecule has 0 unspecified atom stereocenters. The van der Waals surface area contributed by atoms with Gasteiger partial charge in [-0.1, -0.05) is 6.92 Å². The summed E-state index contributed by atoms with van der Waals surface area (Å²) < 4.78 is 10.7. The standard InChI is InChI=1S/C21H27NO4S/c1-3-19-18-10-12-27-20(18)9-11-22(19)13-16(23)14-26-17-7-5-15(6-8-17)21(24)25-4-2/h5-8,10,12,16,19,23H,3-4,9,11,13-14H2,1-2H3/t16-,19+/m1/s1. The predicted molar refractivity (Wildman–Crippen MR) is 107 cm³/mol. The molecule has 5 nitrogen and oxygen atoms in total. The van der Waals surface area contributed by atoms with Gasteiger partial charge in [-0.3, -0.25) is 4.90 Å². The van der Waals surface area contributed by atoms with Crippen LogP contribution in [0.4, 0.5) is 0 Å². The number of nitrogens with zero attached hydrogens (tertiary/aromatic N) is 1. The average molecular weight is 390 g/mol. The third kappa shape index (κ3) is 4.89. The van der Waals surface area contributed by atoms with Gasteiger partial charge < -0.3 is 14.6 Å². The first-order chi connectivity index (χ1) is 13.1. The maximum absolute atomic E-state index is 11.7. The van der Waals surface area contributed by atoms with Crippen LogP contribution in [0.15, 0.2) is 35.7 Å². The van der Waals surface area contributed by atoms with Crippen LogP contribution in [-0.2, 0) is 11.2 Å². The first-order valence-electron chi connectivity index (χ1n) is 9.50. The lowest BCUT2D eigenvalue weighted by molar-refractivity contribution is 0.0477. The normalized spacial score (nSPS) is 18.0. The largest absolute Gasteiger partial charge is 0.491 e. The Hall–Kier alpha value is -1.89. The number of rotatable bonds is 8. The van der Waals surface area contributed by atoms with Gasteiger partial charge in [0.25, 0.3) is 0 Å². The Morgan fingerprint density at radius 3 is 2.78 bits per heavy atom. The minimum atomic E-state index is -0.566. The van der Waals surface area contributed by atoms with Gasteiger partial charge in [-0.15, -0.1) is 11.3 Å². The number of hydrogen-bond donors (Lipinski definition) is 1. The Labute approximate surface area is 164 Å². The number of carbonyl (C=O) groups excluding carboxylic acids is 1. The monoisotopic (exact) mass is 389 g/mol. The molecule has 6 heteroatoms. The number of thiophene rings is 1. The molecule has 0 saturated heterocycles. The molecule has 2 heterocycles.